The van der Waals surface area contributed by atoms with E-state index in [0.29, 0.717) is 6.54 Å². The first kappa shape index (κ1) is 19.9. The Labute approximate surface area is 145 Å². The summed E-state index contributed by atoms with van der Waals surface area (Å²) in [4.78, 5) is 14.6. The third kappa shape index (κ3) is 3.39. The molecule has 5 heteroatoms. The molecule has 130 valence electrons. The highest BCUT2D eigenvalue weighted by Crippen LogP contribution is 2.51. The zero-order valence-corrected chi connectivity index (χ0v) is 15.4. The van der Waals surface area contributed by atoms with E-state index in [1.54, 1.807) is 7.11 Å². The molecule has 0 radical (unpaired) electrons. The van der Waals surface area contributed by atoms with Gasteiger partial charge in [0.25, 0.3) is 5.91 Å². The number of rotatable bonds is 6. The van der Waals surface area contributed by atoms with Gasteiger partial charge in [0.15, 0.2) is 0 Å². The first-order valence-corrected chi connectivity index (χ1v) is 8.13. The summed E-state index contributed by atoms with van der Waals surface area (Å²) in [5.74, 6) is 0.0781. The predicted molar refractivity (Wildman–Crippen MR) is 95.9 cm³/mol. The number of benzene rings is 1. The van der Waals surface area contributed by atoms with Crippen LogP contribution < -0.4 is 5.73 Å². The molecule has 0 aromatic heterocycles. The Kier molecular flexibility index (Phi) is 7.05. The molecule has 23 heavy (non-hydrogen) atoms. The summed E-state index contributed by atoms with van der Waals surface area (Å²) in [7, 11) is 3.68. The van der Waals surface area contributed by atoms with E-state index >= 15 is 0 Å². The Morgan fingerprint density at radius 2 is 1.87 bits per heavy atom. The first-order chi connectivity index (χ1) is 10.5. The highest BCUT2D eigenvalue weighted by Gasteiger charge is 2.55. The molecule has 1 amide bonds. The number of carbonyl (C=O) groups excluding carboxylic acids is 1. The summed E-state index contributed by atoms with van der Waals surface area (Å²) in [6.07, 6.45) is 3.22. The van der Waals surface area contributed by atoms with Gasteiger partial charge in [0, 0.05) is 37.7 Å². The van der Waals surface area contributed by atoms with Crippen LogP contribution in [0.2, 0.25) is 0 Å². The van der Waals surface area contributed by atoms with Gasteiger partial charge in [0.2, 0.25) is 0 Å². The smallest absolute Gasteiger partial charge is 0.253 e. The summed E-state index contributed by atoms with van der Waals surface area (Å²) in [6, 6.07) is 7.83. The third-order valence-corrected chi connectivity index (χ3v) is 5.57. The number of ether oxygens (including phenoxy) is 1. The quantitative estimate of drug-likeness (QED) is 0.865. The van der Waals surface area contributed by atoms with Crippen molar-refractivity contribution in [3.8, 4) is 0 Å². The summed E-state index contributed by atoms with van der Waals surface area (Å²) in [6.45, 7) is 4.88. The maximum atomic E-state index is 12.7. The van der Waals surface area contributed by atoms with Crippen LogP contribution in [-0.4, -0.2) is 37.1 Å². The van der Waals surface area contributed by atoms with E-state index in [2.05, 4.69) is 13.8 Å². The number of nitrogens with zero attached hydrogens (tertiary/aromatic N) is 1. The van der Waals surface area contributed by atoms with Crippen molar-refractivity contribution in [2.45, 2.75) is 51.8 Å². The SMILES string of the molecule is CCC1(CC)C(OC)CC1N(C)C(=O)c1ccc(CN)cc1.Cl. The van der Waals surface area contributed by atoms with Gasteiger partial charge in [-0.15, -0.1) is 12.4 Å². The van der Waals surface area contributed by atoms with Gasteiger partial charge in [-0.1, -0.05) is 26.0 Å². The molecule has 2 unspecified atom stereocenters. The maximum absolute atomic E-state index is 12.7. The zero-order chi connectivity index (χ0) is 16.3. The van der Waals surface area contributed by atoms with E-state index in [0.717, 1.165) is 30.4 Å². The molecule has 2 rings (SSSR count). The lowest BCUT2D eigenvalue weighted by Gasteiger charge is -2.57. The van der Waals surface area contributed by atoms with Crippen LogP contribution in [0.5, 0.6) is 0 Å². The Morgan fingerprint density at radius 1 is 1.30 bits per heavy atom. The second kappa shape index (κ2) is 8.13. The fourth-order valence-electron chi connectivity index (χ4n) is 3.91. The van der Waals surface area contributed by atoms with E-state index in [4.69, 9.17) is 10.5 Å². The molecular weight excluding hydrogens is 312 g/mol. The standard InChI is InChI=1S/C18H28N2O2.ClH/c1-5-18(6-2)15(11-16(18)22-4)20(3)17(21)14-9-7-13(12-19)8-10-14;/h7-10,15-16H,5-6,11-12,19H2,1-4H3;1H. The van der Waals surface area contributed by atoms with Crippen molar-refractivity contribution in [3.05, 3.63) is 35.4 Å². The van der Waals surface area contributed by atoms with Crippen LogP contribution in [0.3, 0.4) is 0 Å². The van der Waals surface area contributed by atoms with Crippen LogP contribution in [0.4, 0.5) is 0 Å². The average molecular weight is 341 g/mol. The number of methoxy groups -OCH3 is 1. The monoisotopic (exact) mass is 340 g/mol. The molecule has 0 aliphatic heterocycles. The maximum Gasteiger partial charge on any atom is 0.253 e. The lowest BCUT2D eigenvalue weighted by atomic mass is 9.58. The Hall–Kier alpha value is -1.10. The fourth-order valence-corrected chi connectivity index (χ4v) is 3.91. The minimum Gasteiger partial charge on any atom is -0.381 e. The number of nitrogens with two attached hydrogens (primary N) is 1. The van der Waals surface area contributed by atoms with Crippen LogP contribution in [0.15, 0.2) is 24.3 Å². The molecule has 0 saturated heterocycles. The molecule has 2 N–H and O–H groups in total. The molecule has 0 heterocycles. The van der Waals surface area contributed by atoms with Crippen LogP contribution in [-0.2, 0) is 11.3 Å². The van der Waals surface area contributed by atoms with Gasteiger partial charge in [-0.2, -0.15) is 0 Å². The molecule has 1 aromatic rings. The highest BCUT2D eigenvalue weighted by molar-refractivity contribution is 5.94. The van der Waals surface area contributed by atoms with Gasteiger partial charge in [-0.3, -0.25) is 4.79 Å². The van der Waals surface area contributed by atoms with Crippen molar-refractivity contribution in [2.75, 3.05) is 14.2 Å². The first-order valence-electron chi connectivity index (χ1n) is 8.13. The topological polar surface area (TPSA) is 55.6 Å². The van der Waals surface area contributed by atoms with Crippen molar-refractivity contribution in [2.24, 2.45) is 11.1 Å². The molecule has 1 aliphatic carbocycles. The van der Waals surface area contributed by atoms with E-state index < -0.39 is 0 Å². The molecule has 0 bridgehead atoms. The minimum atomic E-state index is 0. The molecule has 0 spiro atoms. The van der Waals surface area contributed by atoms with Crippen LogP contribution >= 0.6 is 12.4 Å². The van der Waals surface area contributed by atoms with Crippen molar-refractivity contribution in [1.82, 2.24) is 4.90 Å². The van der Waals surface area contributed by atoms with Crippen LogP contribution in [0, 0.1) is 5.41 Å². The number of hydrogen-bond acceptors (Lipinski definition) is 3. The summed E-state index contributed by atoms with van der Waals surface area (Å²) >= 11 is 0. The van der Waals surface area contributed by atoms with Crippen molar-refractivity contribution in [3.63, 3.8) is 0 Å². The minimum absolute atomic E-state index is 0. The van der Waals surface area contributed by atoms with Gasteiger partial charge in [-0.25, -0.2) is 0 Å². The fraction of sp³-hybridized carbons (Fsp3) is 0.611. The van der Waals surface area contributed by atoms with E-state index in [-0.39, 0.29) is 35.9 Å². The van der Waals surface area contributed by atoms with Crippen molar-refractivity contribution in [1.29, 1.82) is 0 Å². The molecule has 1 aromatic carbocycles. The second-order valence-corrected chi connectivity index (χ2v) is 6.23. The van der Waals surface area contributed by atoms with Gasteiger partial charge in [0.05, 0.1) is 6.10 Å². The summed E-state index contributed by atoms with van der Waals surface area (Å²) in [5, 5.41) is 0. The lowest BCUT2D eigenvalue weighted by molar-refractivity contribution is -0.147. The Bertz CT molecular complexity index is 514. The number of halogens is 1. The molecule has 1 saturated carbocycles. The highest BCUT2D eigenvalue weighted by atomic mass is 35.5. The van der Waals surface area contributed by atoms with E-state index in [9.17, 15) is 4.79 Å². The van der Waals surface area contributed by atoms with E-state index in [1.807, 2.05) is 36.2 Å². The molecular formula is C18H29ClN2O2. The second-order valence-electron chi connectivity index (χ2n) is 6.23. The lowest BCUT2D eigenvalue weighted by Crippen LogP contribution is -2.64. The number of hydrogen-bond donors (Lipinski definition) is 1. The number of amides is 1. The van der Waals surface area contributed by atoms with Crippen LogP contribution in [0.1, 0.15) is 49.0 Å². The third-order valence-electron chi connectivity index (χ3n) is 5.57. The van der Waals surface area contributed by atoms with Gasteiger partial charge in [0.1, 0.15) is 0 Å². The predicted octanol–water partition coefficient (Wildman–Crippen LogP) is 3.23. The van der Waals surface area contributed by atoms with E-state index in [1.165, 1.54) is 0 Å². The zero-order valence-electron chi connectivity index (χ0n) is 14.5. The number of carbonyl (C=O) groups is 1. The van der Waals surface area contributed by atoms with Crippen molar-refractivity contribution < 1.29 is 9.53 Å². The van der Waals surface area contributed by atoms with Crippen LogP contribution in [0.25, 0.3) is 0 Å². The average Bonchev–Trinajstić information content (AvgIpc) is 2.55. The van der Waals surface area contributed by atoms with Gasteiger partial charge >= 0.3 is 0 Å². The molecule has 1 aliphatic rings. The molecule has 4 nitrogen and oxygen atoms in total. The molecule has 1 fully saturated rings. The van der Waals surface area contributed by atoms with Gasteiger partial charge in [-0.05, 0) is 37.0 Å². The summed E-state index contributed by atoms with van der Waals surface area (Å²) in [5.41, 5.74) is 7.45. The largest absolute Gasteiger partial charge is 0.381 e. The summed E-state index contributed by atoms with van der Waals surface area (Å²) < 4.78 is 5.63. The Morgan fingerprint density at radius 3 is 2.30 bits per heavy atom. The Balaban J connectivity index is 0.00000264. The van der Waals surface area contributed by atoms with Crippen molar-refractivity contribution >= 4 is 18.3 Å². The molecule has 2 atom stereocenters. The van der Waals surface area contributed by atoms with Gasteiger partial charge < -0.3 is 15.4 Å². The normalized spacial score (nSPS) is 22.0.